The monoisotopic (exact) mass is 467 g/mol. The van der Waals surface area contributed by atoms with E-state index < -0.39 is 11.2 Å². The highest BCUT2D eigenvalue weighted by Gasteiger charge is 2.23. The van der Waals surface area contributed by atoms with Crippen molar-refractivity contribution in [3.05, 3.63) is 56.0 Å². The molecule has 1 aliphatic carbocycles. The normalized spacial score (nSPS) is 14.5. The highest BCUT2D eigenvalue weighted by Crippen LogP contribution is 2.33. The van der Waals surface area contributed by atoms with Crippen LogP contribution in [0.4, 0.5) is 5.69 Å². The summed E-state index contributed by atoms with van der Waals surface area (Å²) in [6, 6.07) is 5.90. The van der Waals surface area contributed by atoms with Gasteiger partial charge in [-0.3, -0.25) is 18.7 Å². The standard InChI is InChI=1S/C24H29N5O3S/c1-14-10-11-15(2)17(12-14)25-18(30)13-33-22-19-21(28(3)24(32)29(4)23(19)31)26-20(27-22)16-8-6-5-7-9-16/h10-12,16H,5-9,13H2,1-4H3,(H,25,30). The molecule has 4 rings (SSSR count). The Morgan fingerprint density at radius 2 is 1.82 bits per heavy atom. The van der Waals surface area contributed by atoms with Gasteiger partial charge in [0.25, 0.3) is 5.56 Å². The smallest absolute Gasteiger partial charge is 0.325 e. The quantitative estimate of drug-likeness (QED) is 0.456. The summed E-state index contributed by atoms with van der Waals surface area (Å²) in [7, 11) is 3.06. The van der Waals surface area contributed by atoms with Crippen LogP contribution in [0.1, 0.15) is 55.0 Å². The zero-order valence-corrected chi connectivity index (χ0v) is 20.3. The summed E-state index contributed by atoms with van der Waals surface area (Å²) in [5.74, 6) is 0.768. The molecular weight excluding hydrogens is 438 g/mol. The molecule has 8 nitrogen and oxygen atoms in total. The Balaban J connectivity index is 1.70. The van der Waals surface area contributed by atoms with Gasteiger partial charge in [-0.25, -0.2) is 14.8 Å². The van der Waals surface area contributed by atoms with Gasteiger partial charge in [0.1, 0.15) is 16.2 Å². The van der Waals surface area contributed by atoms with E-state index in [0.29, 0.717) is 16.5 Å². The Morgan fingerprint density at radius 1 is 1.09 bits per heavy atom. The Kier molecular flexibility index (Phi) is 6.69. The molecule has 0 saturated heterocycles. The Labute approximate surface area is 196 Å². The summed E-state index contributed by atoms with van der Waals surface area (Å²) >= 11 is 1.21. The SMILES string of the molecule is Cc1ccc(C)c(NC(=O)CSc2nc(C3CCCCC3)nc3c2c(=O)n(C)c(=O)n3C)c1. The summed E-state index contributed by atoms with van der Waals surface area (Å²) in [5.41, 5.74) is 2.28. The number of carbonyl (C=O) groups is 1. The van der Waals surface area contributed by atoms with Crippen molar-refractivity contribution in [2.45, 2.75) is 56.9 Å². The van der Waals surface area contributed by atoms with Crippen LogP contribution in [0.2, 0.25) is 0 Å². The number of aryl methyl sites for hydroxylation is 3. The lowest BCUT2D eigenvalue weighted by Gasteiger charge is -2.21. The number of hydrogen-bond donors (Lipinski definition) is 1. The van der Waals surface area contributed by atoms with Crippen molar-refractivity contribution in [3.63, 3.8) is 0 Å². The number of fused-ring (bicyclic) bond motifs is 1. The van der Waals surface area contributed by atoms with Crippen LogP contribution in [0.5, 0.6) is 0 Å². The summed E-state index contributed by atoms with van der Waals surface area (Å²) in [6.45, 7) is 3.92. The van der Waals surface area contributed by atoms with Gasteiger partial charge in [0.15, 0.2) is 5.65 Å². The van der Waals surface area contributed by atoms with Crippen LogP contribution in [0.15, 0.2) is 32.8 Å². The van der Waals surface area contributed by atoms with Gasteiger partial charge in [-0.15, -0.1) is 0 Å². The van der Waals surface area contributed by atoms with Gasteiger partial charge < -0.3 is 5.32 Å². The maximum Gasteiger partial charge on any atom is 0.332 e. The lowest BCUT2D eigenvalue weighted by atomic mass is 9.89. The van der Waals surface area contributed by atoms with Gasteiger partial charge in [-0.1, -0.05) is 43.2 Å². The molecule has 2 aromatic heterocycles. The van der Waals surface area contributed by atoms with Gasteiger partial charge in [0, 0.05) is 25.7 Å². The van der Waals surface area contributed by atoms with Crippen molar-refractivity contribution in [2.75, 3.05) is 11.1 Å². The number of benzene rings is 1. The molecule has 0 bridgehead atoms. The molecule has 0 radical (unpaired) electrons. The fourth-order valence-electron chi connectivity index (χ4n) is 4.28. The van der Waals surface area contributed by atoms with Crippen molar-refractivity contribution in [1.29, 1.82) is 0 Å². The van der Waals surface area contributed by atoms with E-state index in [9.17, 15) is 14.4 Å². The fraction of sp³-hybridized carbons (Fsp3) is 0.458. The second-order valence-corrected chi connectivity index (χ2v) is 9.75. The number of anilines is 1. The second-order valence-electron chi connectivity index (χ2n) is 8.78. The molecule has 0 aliphatic heterocycles. The van der Waals surface area contributed by atoms with Gasteiger partial charge in [-0.05, 0) is 43.9 Å². The van der Waals surface area contributed by atoms with Crippen molar-refractivity contribution < 1.29 is 4.79 Å². The molecule has 0 unspecified atom stereocenters. The number of hydrogen-bond acceptors (Lipinski definition) is 6. The topological polar surface area (TPSA) is 98.9 Å². The molecule has 9 heteroatoms. The molecule has 3 aromatic rings. The van der Waals surface area contributed by atoms with Crippen molar-refractivity contribution >= 4 is 34.4 Å². The van der Waals surface area contributed by atoms with Gasteiger partial charge in [-0.2, -0.15) is 0 Å². The molecular formula is C24H29N5O3S. The number of aromatic nitrogens is 4. The average Bonchev–Trinajstić information content (AvgIpc) is 2.82. The summed E-state index contributed by atoms with van der Waals surface area (Å²) < 4.78 is 2.46. The lowest BCUT2D eigenvalue weighted by Crippen LogP contribution is -2.38. The molecule has 1 fully saturated rings. The van der Waals surface area contributed by atoms with Crippen LogP contribution < -0.4 is 16.6 Å². The Morgan fingerprint density at radius 3 is 2.55 bits per heavy atom. The lowest BCUT2D eigenvalue weighted by molar-refractivity contribution is -0.113. The van der Waals surface area contributed by atoms with Crippen molar-refractivity contribution in [1.82, 2.24) is 19.1 Å². The van der Waals surface area contributed by atoms with Crippen LogP contribution in [-0.2, 0) is 18.9 Å². The van der Waals surface area contributed by atoms with E-state index in [0.717, 1.165) is 47.1 Å². The fourth-order valence-corrected chi connectivity index (χ4v) is 5.10. The third-order valence-corrected chi connectivity index (χ3v) is 7.24. The molecule has 0 spiro atoms. The first-order valence-corrected chi connectivity index (χ1v) is 12.2. The van der Waals surface area contributed by atoms with Gasteiger partial charge in [0.05, 0.1) is 5.75 Å². The van der Waals surface area contributed by atoms with E-state index >= 15 is 0 Å². The molecule has 2 heterocycles. The minimum atomic E-state index is -0.444. The first-order chi connectivity index (χ1) is 15.8. The first kappa shape index (κ1) is 23.2. The van der Waals surface area contributed by atoms with Crippen LogP contribution in [0.25, 0.3) is 11.0 Å². The van der Waals surface area contributed by atoms with Crippen LogP contribution >= 0.6 is 11.8 Å². The van der Waals surface area contributed by atoms with E-state index in [1.54, 1.807) is 7.05 Å². The second kappa shape index (κ2) is 9.51. The largest absolute Gasteiger partial charge is 0.332 e. The number of carbonyl (C=O) groups excluding carboxylic acids is 1. The van der Waals surface area contributed by atoms with Crippen LogP contribution in [0, 0.1) is 13.8 Å². The zero-order valence-electron chi connectivity index (χ0n) is 19.5. The number of thioether (sulfide) groups is 1. The highest BCUT2D eigenvalue weighted by molar-refractivity contribution is 8.00. The van der Waals surface area contributed by atoms with E-state index in [4.69, 9.17) is 4.98 Å². The van der Waals surface area contributed by atoms with E-state index in [2.05, 4.69) is 10.3 Å². The minimum absolute atomic E-state index is 0.0929. The minimum Gasteiger partial charge on any atom is -0.325 e. The maximum atomic E-state index is 13.0. The van der Waals surface area contributed by atoms with Crippen molar-refractivity contribution in [3.8, 4) is 0 Å². The third-order valence-electron chi connectivity index (χ3n) is 6.26. The summed E-state index contributed by atoms with van der Waals surface area (Å²) in [6.07, 6.45) is 5.40. The molecule has 1 aromatic carbocycles. The highest BCUT2D eigenvalue weighted by atomic mass is 32.2. The molecule has 33 heavy (non-hydrogen) atoms. The molecule has 1 saturated carbocycles. The number of amides is 1. The maximum absolute atomic E-state index is 13.0. The zero-order chi connectivity index (χ0) is 23.7. The number of rotatable bonds is 5. The van der Waals surface area contributed by atoms with Crippen molar-refractivity contribution in [2.24, 2.45) is 14.1 Å². The van der Waals surface area contributed by atoms with E-state index in [1.165, 1.54) is 29.8 Å². The molecule has 0 atom stereocenters. The van der Waals surface area contributed by atoms with E-state index in [1.807, 2.05) is 32.0 Å². The van der Waals surface area contributed by atoms with Crippen LogP contribution in [-0.4, -0.2) is 30.8 Å². The Hall–Kier alpha value is -2.94. The predicted octanol–water partition coefficient (Wildman–Crippen LogP) is 3.42. The number of nitrogens with one attached hydrogen (secondary N) is 1. The summed E-state index contributed by atoms with van der Waals surface area (Å²) in [4.78, 5) is 47.7. The predicted molar refractivity (Wildman–Crippen MR) is 131 cm³/mol. The first-order valence-electron chi connectivity index (χ1n) is 11.2. The summed E-state index contributed by atoms with van der Waals surface area (Å²) in [5, 5.41) is 3.69. The Bertz CT molecular complexity index is 1340. The van der Waals surface area contributed by atoms with Gasteiger partial charge in [0.2, 0.25) is 5.91 Å². The molecule has 1 N–H and O–H groups in total. The van der Waals surface area contributed by atoms with Gasteiger partial charge >= 0.3 is 5.69 Å². The van der Waals surface area contributed by atoms with E-state index in [-0.39, 0.29) is 23.0 Å². The molecule has 1 amide bonds. The molecule has 1 aliphatic rings. The van der Waals surface area contributed by atoms with Crippen LogP contribution in [0.3, 0.4) is 0 Å². The average molecular weight is 468 g/mol. The number of nitrogens with zero attached hydrogens (tertiary/aromatic N) is 4. The molecule has 174 valence electrons. The third kappa shape index (κ3) is 4.73.